The molecule has 5 nitrogen and oxygen atoms in total. The van der Waals surface area contributed by atoms with Gasteiger partial charge in [-0.05, 0) is 49.4 Å². The third kappa shape index (κ3) is 3.96. The van der Waals surface area contributed by atoms with Crippen LogP contribution in [-0.4, -0.2) is 53.7 Å². The molecule has 5 rings (SSSR count). The number of amides is 2. The van der Waals surface area contributed by atoms with Crippen LogP contribution in [0.25, 0.3) is 11.1 Å². The second kappa shape index (κ2) is 8.37. The summed E-state index contributed by atoms with van der Waals surface area (Å²) in [5.74, 6) is -3.75. The van der Waals surface area contributed by atoms with E-state index in [-0.39, 0.29) is 60.6 Å². The van der Waals surface area contributed by atoms with Crippen molar-refractivity contribution in [2.75, 3.05) is 13.2 Å². The molecule has 1 spiro atoms. The van der Waals surface area contributed by atoms with E-state index in [1.54, 1.807) is 11.0 Å². The molecule has 9 heteroatoms. The Balaban J connectivity index is 1.53. The summed E-state index contributed by atoms with van der Waals surface area (Å²) in [5, 5.41) is 2.96. The van der Waals surface area contributed by atoms with Gasteiger partial charge in [0.05, 0.1) is 24.1 Å². The lowest BCUT2D eigenvalue weighted by Crippen LogP contribution is -2.64. The van der Waals surface area contributed by atoms with E-state index in [1.165, 1.54) is 12.1 Å². The molecule has 0 radical (unpaired) electrons. The summed E-state index contributed by atoms with van der Waals surface area (Å²) in [7, 11) is 0. The van der Waals surface area contributed by atoms with Gasteiger partial charge in [0.1, 0.15) is 30.2 Å². The lowest BCUT2D eigenvalue weighted by molar-refractivity contribution is -0.141. The number of nitrogens with zero attached hydrogens (tertiary/aromatic N) is 1. The number of rotatable bonds is 4. The van der Waals surface area contributed by atoms with Crippen molar-refractivity contribution in [1.29, 1.82) is 0 Å². The van der Waals surface area contributed by atoms with Crippen molar-refractivity contribution in [3.8, 4) is 11.1 Å². The average molecular weight is 476 g/mol. The van der Waals surface area contributed by atoms with Crippen molar-refractivity contribution in [2.45, 2.75) is 50.0 Å². The number of hydrogen-bond acceptors (Lipinski definition) is 3. The third-order valence-electron chi connectivity index (χ3n) is 7.04. The largest absolute Gasteiger partial charge is 0.369 e. The smallest absolute Gasteiger partial charge is 0.246 e. The predicted molar refractivity (Wildman–Crippen MR) is 115 cm³/mol. The van der Waals surface area contributed by atoms with Gasteiger partial charge in [-0.2, -0.15) is 0 Å². The Hall–Kier alpha value is -2.94. The summed E-state index contributed by atoms with van der Waals surface area (Å²) in [5.41, 5.74) is -0.667. The van der Waals surface area contributed by atoms with Crippen molar-refractivity contribution >= 4 is 11.8 Å². The van der Waals surface area contributed by atoms with Gasteiger partial charge in [-0.15, -0.1) is 0 Å². The van der Waals surface area contributed by atoms with Gasteiger partial charge in [0.2, 0.25) is 11.8 Å². The molecular formula is C25H24F4N2O3. The summed E-state index contributed by atoms with van der Waals surface area (Å²) >= 11 is 0. The Morgan fingerprint density at radius 2 is 1.91 bits per heavy atom. The van der Waals surface area contributed by atoms with Crippen LogP contribution < -0.4 is 5.32 Å². The molecule has 1 aliphatic carbocycles. The third-order valence-corrected chi connectivity index (χ3v) is 7.04. The second-order valence-corrected chi connectivity index (χ2v) is 9.51. The molecule has 2 aromatic rings. The number of hydrogen-bond donors (Lipinski definition) is 1. The minimum Gasteiger partial charge on any atom is -0.369 e. The van der Waals surface area contributed by atoms with Crippen LogP contribution in [0.5, 0.6) is 0 Å². The number of alkyl halides is 1. The van der Waals surface area contributed by atoms with Gasteiger partial charge >= 0.3 is 0 Å². The fourth-order valence-electron chi connectivity index (χ4n) is 5.45. The van der Waals surface area contributed by atoms with Crippen LogP contribution >= 0.6 is 0 Å². The van der Waals surface area contributed by atoms with Gasteiger partial charge in [0.15, 0.2) is 0 Å². The van der Waals surface area contributed by atoms with Crippen LogP contribution in [0.15, 0.2) is 36.4 Å². The monoisotopic (exact) mass is 476 g/mol. The Kier molecular flexibility index (Phi) is 5.62. The quantitative estimate of drug-likeness (QED) is 0.687. The summed E-state index contributed by atoms with van der Waals surface area (Å²) in [4.78, 5) is 26.9. The molecule has 0 aromatic heterocycles. The molecule has 2 amide bonds. The number of likely N-dealkylation sites (tertiary alicyclic amines) is 1. The molecule has 2 saturated heterocycles. The molecular weight excluding hydrogens is 452 g/mol. The van der Waals surface area contributed by atoms with Crippen LogP contribution in [0.4, 0.5) is 17.6 Å². The minimum absolute atomic E-state index is 0.0147. The number of carbonyl (C=O) groups is 2. The van der Waals surface area contributed by atoms with Crippen molar-refractivity contribution < 1.29 is 31.9 Å². The molecule has 180 valence electrons. The SMILES string of the molecule is C[C@@H]1C[C@@]2(COCC(=O)N2)[C@H](Cc2cccc(-c3cc(F)cc(F)c3)c2F)N1C(=O)[C@@H]1C[C@@H]1F. The first-order valence-corrected chi connectivity index (χ1v) is 11.3. The zero-order valence-corrected chi connectivity index (χ0v) is 18.5. The lowest BCUT2D eigenvalue weighted by Gasteiger charge is -2.41. The van der Waals surface area contributed by atoms with Crippen molar-refractivity contribution in [1.82, 2.24) is 10.2 Å². The predicted octanol–water partition coefficient (Wildman–Crippen LogP) is 3.55. The summed E-state index contributed by atoms with van der Waals surface area (Å²) in [6.07, 6.45) is -0.646. The molecule has 1 saturated carbocycles. The van der Waals surface area contributed by atoms with E-state index in [4.69, 9.17) is 4.74 Å². The standard InChI is InChI=1S/C25H24F4N2O3/c1-13-10-25(12-34-11-22(32)30-25)21(31(13)24(33)19-9-20(19)28)7-14-3-2-4-18(23(14)29)15-5-16(26)8-17(27)6-15/h2-6,8,13,19-21H,7,9-12H2,1H3,(H,30,32)/t13-,19-,20+,21+,25-/m1/s1. The molecule has 2 aromatic carbocycles. The minimum atomic E-state index is -1.20. The number of morpholine rings is 1. The van der Waals surface area contributed by atoms with E-state index >= 15 is 4.39 Å². The fraction of sp³-hybridized carbons (Fsp3) is 0.440. The molecule has 1 N–H and O–H groups in total. The van der Waals surface area contributed by atoms with E-state index in [0.717, 1.165) is 12.1 Å². The number of ether oxygens (including phenoxy) is 1. The Morgan fingerprint density at radius 1 is 1.21 bits per heavy atom. The van der Waals surface area contributed by atoms with E-state index < -0.39 is 41.1 Å². The van der Waals surface area contributed by atoms with Crippen molar-refractivity contribution in [2.24, 2.45) is 5.92 Å². The maximum Gasteiger partial charge on any atom is 0.246 e. The van der Waals surface area contributed by atoms with E-state index in [1.807, 2.05) is 6.92 Å². The van der Waals surface area contributed by atoms with Gasteiger partial charge in [-0.25, -0.2) is 17.6 Å². The van der Waals surface area contributed by atoms with Crippen LogP contribution in [0.3, 0.4) is 0 Å². The maximum absolute atomic E-state index is 15.6. The Labute approximate surface area is 194 Å². The van der Waals surface area contributed by atoms with Crippen molar-refractivity contribution in [3.63, 3.8) is 0 Å². The number of halogens is 4. The van der Waals surface area contributed by atoms with E-state index in [9.17, 15) is 22.8 Å². The number of nitrogens with one attached hydrogen (secondary N) is 1. The average Bonchev–Trinajstić information content (AvgIpc) is 3.44. The number of benzene rings is 2. The Morgan fingerprint density at radius 3 is 2.56 bits per heavy atom. The highest BCUT2D eigenvalue weighted by Gasteiger charge is 2.58. The van der Waals surface area contributed by atoms with Crippen LogP contribution in [0.2, 0.25) is 0 Å². The van der Waals surface area contributed by atoms with Gasteiger partial charge in [0, 0.05) is 17.7 Å². The maximum atomic E-state index is 15.6. The molecule has 3 aliphatic rings. The van der Waals surface area contributed by atoms with Gasteiger partial charge in [-0.3, -0.25) is 9.59 Å². The molecule has 34 heavy (non-hydrogen) atoms. The molecule has 0 unspecified atom stereocenters. The van der Waals surface area contributed by atoms with E-state index in [2.05, 4.69) is 5.32 Å². The zero-order valence-electron chi connectivity index (χ0n) is 18.5. The summed E-state index contributed by atoms with van der Waals surface area (Å²) in [6, 6.07) is 6.33. The van der Waals surface area contributed by atoms with Crippen LogP contribution in [-0.2, 0) is 20.7 Å². The summed E-state index contributed by atoms with van der Waals surface area (Å²) < 4.78 is 62.4. The fourth-order valence-corrected chi connectivity index (χ4v) is 5.45. The van der Waals surface area contributed by atoms with Crippen molar-refractivity contribution in [3.05, 3.63) is 59.4 Å². The lowest BCUT2D eigenvalue weighted by atomic mass is 9.84. The van der Waals surface area contributed by atoms with Crippen LogP contribution in [0.1, 0.15) is 25.3 Å². The first kappa shape index (κ1) is 22.8. The van der Waals surface area contributed by atoms with Gasteiger partial charge < -0.3 is 15.0 Å². The molecule has 2 aliphatic heterocycles. The molecule has 2 heterocycles. The highest BCUT2D eigenvalue weighted by molar-refractivity contribution is 5.84. The normalized spacial score (nSPS) is 30.5. The van der Waals surface area contributed by atoms with Crippen LogP contribution in [0, 0.1) is 23.4 Å². The molecule has 3 fully saturated rings. The van der Waals surface area contributed by atoms with Gasteiger partial charge in [0.25, 0.3) is 0 Å². The highest BCUT2D eigenvalue weighted by Crippen LogP contribution is 2.43. The van der Waals surface area contributed by atoms with Gasteiger partial charge in [-0.1, -0.05) is 18.2 Å². The first-order chi connectivity index (χ1) is 16.2. The van der Waals surface area contributed by atoms with E-state index in [0.29, 0.717) is 12.5 Å². The molecule has 0 bridgehead atoms. The molecule has 5 atom stereocenters. The number of carbonyl (C=O) groups excluding carboxylic acids is 2. The Bertz CT molecular complexity index is 1140. The highest BCUT2D eigenvalue weighted by atomic mass is 19.1. The second-order valence-electron chi connectivity index (χ2n) is 9.51. The first-order valence-electron chi connectivity index (χ1n) is 11.3. The topological polar surface area (TPSA) is 58.6 Å². The zero-order chi connectivity index (χ0) is 24.2. The summed E-state index contributed by atoms with van der Waals surface area (Å²) in [6.45, 7) is 1.84.